The van der Waals surface area contributed by atoms with E-state index in [9.17, 15) is 22.9 Å². The van der Waals surface area contributed by atoms with E-state index in [1.807, 2.05) is 0 Å². The number of hydrogen-bond acceptors (Lipinski definition) is 7. The number of azo groups is 1. The van der Waals surface area contributed by atoms with Gasteiger partial charge in [-0.15, -0.1) is 5.11 Å². The molecule has 9 nitrogen and oxygen atoms in total. The summed E-state index contributed by atoms with van der Waals surface area (Å²) in [6, 6.07) is 15.2. The number of aryl methyl sites for hydroxylation is 1. The minimum Gasteiger partial charge on any atom is -0.870 e. The van der Waals surface area contributed by atoms with E-state index in [4.69, 9.17) is 27.9 Å². The Balaban J connectivity index is 0.00000420. The Kier molecular flexibility index (Phi) is 10.0. The molecule has 0 saturated carbocycles. The number of benzene rings is 4. The standard InChI is InChI=1S/C26H21Cl2N3O6S.Na/c1-3-37-22-12-16(8-9-19(22)27)29-26(33)18-11-15-6-4-5-7-17(15)24(25(18)32)31-30-21-10-14(2)20(28)13-23(21)38(34,35)36;/h4-13,32H,3H2,1-2H3,(H,29,33)(H,34,35,36);/q;+1/p-1. The average molecular weight is 596 g/mol. The number of hydrogen-bond donors (Lipinski definition) is 2. The molecule has 0 saturated heterocycles. The predicted octanol–water partition coefficient (Wildman–Crippen LogP) is 3.85. The predicted molar refractivity (Wildman–Crippen MR) is 144 cm³/mol. The summed E-state index contributed by atoms with van der Waals surface area (Å²) in [7, 11) is -4.70. The van der Waals surface area contributed by atoms with Crippen molar-refractivity contribution in [1.82, 2.24) is 0 Å². The van der Waals surface area contributed by atoms with Crippen LogP contribution in [0, 0.1) is 6.92 Å². The van der Waals surface area contributed by atoms with E-state index < -0.39 is 26.7 Å². The van der Waals surface area contributed by atoms with Gasteiger partial charge in [0.25, 0.3) is 16.0 Å². The van der Waals surface area contributed by atoms with Gasteiger partial charge in [-0.05, 0) is 55.1 Å². The Morgan fingerprint density at radius 3 is 2.46 bits per heavy atom. The van der Waals surface area contributed by atoms with Crippen LogP contribution in [0.3, 0.4) is 0 Å². The van der Waals surface area contributed by atoms with Crippen molar-refractivity contribution >= 4 is 67.1 Å². The minimum absolute atomic E-state index is 0. The molecule has 196 valence electrons. The van der Waals surface area contributed by atoms with E-state index in [1.54, 1.807) is 50.2 Å². The Bertz CT molecular complexity index is 1710. The fourth-order valence-electron chi connectivity index (χ4n) is 3.66. The number of rotatable bonds is 7. The van der Waals surface area contributed by atoms with Crippen molar-refractivity contribution in [2.24, 2.45) is 10.2 Å². The molecule has 0 bridgehead atoms. The molecule has 0 unspecified atom stereocenters. The van der Waals surface area contributed by atoms with Gasteiger partial charge in [0.2, 0.25) is 0 Å². The molecule has 4 rings (SSSR count). The van der Waals surface area contributed by atoms with E-state index in [1.165, 1.54) is 18.2 Å². The van der Waals surface area contributed by atoms with Gasteiger partial charge in [0, 0.05) is 27.7 Å². The van der Waals surface area contributed by atoms with Crippen LogP contribution in [0.5, 0.6) is 11.5 Å². The molecular weight excluding hydrogens is 576 g/mol. The van der Waals surface area contributed by atoms with Crippen LogP contribution in [0.25, 0.3) is 10.8 Å². The third-order valence-corrected chi connectivity index (χ3v) is 7.09. The molecule has 0 aliphatic heterocycles. The van der Waals surface area contributed by atoms with Crippen LogP contribution < -0.4 is 44.7 Å². The number of nitrogens with zero attached hydrogens (tertiary/aromatic N) is 2. The fraction of sp³-hybridized carbons (Fsp3) is 0.115. The van der Waals surface area contributed by atoms with Gasteiger partial charge in [-0.2, -0.15) is 13.5 Å². The molecule has 0 aromatic heterocycles. The zero-order valence-electron chi connectivity index (χ0n) is 21.0. The van der Waals surface area contributed by atoms with Gasteiger partial charge in [-0.3, -0.25) is 9.35 Å². The number of ether oxygens (including phenoxy) is 1. The topological polar surface area (TPSA) is 140 Å². The first-order valence-electron chi connectivity index (χ1n) is 11.2. The molecule has 0 spiro atoms. The van der Waals surface area contributed by atoms with Gasteiger partial charge in [-0.1, -0.05) is 53.2 Å². The summed E-state index contributed by atoms with van der Waals surface area (Å²) in [4.78, 5) is 12.6. The second-order valence-corrected chi connectivity index (χ2v) is 10.3. The van der Waals surface area contributed by atoms with Crippen molar-refractivity contribution in [2.45, 2.75) is 18.7 Å². The van der Waals surface area contributed by atoms with Crippen molar-refractivity contribution < 1.29 is 57.2 Å². The van der Waals surface area contributed by atoms with E-state index in [0.717, 1.165) is 6.07 Å². The maximum atomic E-state index is 13.4. The minimum atomic E-state index is -4.70. The molecule has 39 heavy (non-hydrogen) atoms. The molecule has 2 N–H and O–H groups in total. The summed E-state index contributed by atoms with van der Waals surface area (Å²) in [5.41, 5.74) is 0.203. The Hall–Kier alpha value is -2.70. The molecule has 13 heteroatoms. The smallest absolute Gasteiger partial charge is 0.870 e. The normalized spacial score (nSPS) is 11.4. The number of carbonyl (C=O) groups excluding carboxylic acids is 1. The van der Waals surface area contributed by atoms with E-state index >= 15 is 0 Å². The van der Waals surface area contributed by atoms with Gasteiger partial charge in [-0.25, -0.2) is 0 Å². The Labute approximate surface area is 256 Å². The first-order valence-corrected chi connectivity index (χ1v) is 13.3. The van der Waals surface area contributed by atoms with Crippen molar-refractivity contribution in [1.29, 1.82) is 0 Å². The average Bonchev–Trinajstić information content (AvgIpc) is 2.86. The largest absolute Gasteiger partial charge is 1.00 e. The third-order valence-electron chi connectivity index (χ3n) is 5.48. The molecular formula is C26H20Cl2N3NaO6S. The molecule has 0 atom stereocenters. The summed E-state index contributed by atoms with van der Waals surface area (Å²) in [6.45, 7) is 3.77. The van der Waals surface area contributed by atoms with Gasteiger partial charge >= 0.3 is 29.6 Å². The number of nitrogens with one attached hydrogen (secondary N) is 1. The second-order valence-electron chi connectivity index (χ2n) is 8.10. The molecule has 0 radical (unpaired) electrons. The maximum Gasteiger partial charge on any atom is 1.00 e. The fourth-order valence-corrected chi connectivity index (χ4v) is 4.69. The summed E-state index contributed by atoms with van der Waals surface area (Å²) < 4.78 is 38.8. The van der Waals surface area contributed by atoms with Crippen LogP contribution >= 0.6 is 23.2 Å². The van der Waals surface area contributed by atoms with Crippen LogP contribution in [0.2, 0.25) is 10.0 Å². The maximum absolute atomic E-state index is 13.4. The summed E-state index contributed by atoms with van der Waals surface area (Å²) >= 11 is 12.1. The first kappa shape index (κ1) is 30.8. The number of halogens is 2. The number of carbonyl (C=O) groups is 1. The SMILES string of the molecule is CCOc1cc(NC(=O)c2cc3ccccc3c(N=Nc3cc(C)c(Cl)cc3S(=O)(=O)O)c2[O-])ccc1Cl.[Na+]. The summed E-state index contributed by atoms with van der Waals surface area (Å²) in [5.74, 6) is -1.07. The Morgan fingerprint density at radius 2 is 1.77 bits per heavy atom. The first-order chi connectivity index (χ1) is 18.0. The number of fused-ring (bicyclic) bond motifs is 1. The van der Waals surface area contributed by atoms with Gasteiger partial charge in [0.15, 0.2) is 0 Å². The van der Waals surface area contributed by atoms with Gasteiger partial charge in [0.1, 0.15) is 16.3 Å². The second kappa shape index (κ2) is 12.6. The van der Waals surface area contributed by atoms with E-state index in [-0.39, 0.29) is 51.5 Å². The molecule has 1 amide bonds. The van der Waals surface area contributed by atoms with Crippen LogP contribution in [0.4, 0.5) is 17.1 Å². The zero-order valence-corrected chi connectivity index (χ0v) is 25.4. The molecule has 0 aliphatic carbocycles. The zero-order chi connectivity index (χ0) is 27.6. The van der Waals surface area contributed by atoms with Gasteiger partial charge in [0.05, 0.1) is 17.3 Å². The van der Waals surface area contributed by atoms with E-state index in [0.29, 0.717) is 39.4 Å². The van der Waals surface area contributed by atoms with Crippen LogP contribution in [-0.2, 0) is 10.1 Å². The molecule has 0 fully saturated rings. The van der Waals surface area contributed by atoms with Gasteiger partial charge < -0.3 is 15.2 Å². The van der Waals surface area contributed by atoms with Crippen molar-refractivity contribution in [2.75, 3.05) is 11.9 Å². The molecule has 0 heterocycles. The Morgan fingerprint density at radius 1 is 1.05 bits per heavy atom. The molecule has 4 aromatic carbocycles. The quantitative estimate of drug-likeness (QED) is 0.189. The summed E-state index contributed by atoms with van der Waals surface area (Å²) in [5, 5.41) is 25.4. The van der Waals surface area contributed by atoms with Crippen molar-refractivity contribution in [3.63, 3.8) is 0 Å². The van der Waals surface area contributed by atoms with Crippen LogP contribution in [-0.4, -0.2) is 25.5 Å². The third kappa shape index (κ3) is 6.90. The molecule has 0 aliphatic rings. The van der Waals surface area contributed by atoms with Crippen LogP contribution in [0.15, 0.2) is 75.8 Å². The van der Waals surface area contributed by atoms with E-state index in [2.05, 4.69) is 15.5 Å². The van der Waals surface area contributed by atoms with Crippen LogP contribution in [0.1, 0.15) is 22.8 Å². The molecule has 4 aromatic rings. The van der Waals surface area contributed by atoms with Crippen molar-refractivity contribution in [3.05, 3.63) is 81.8 Å². The number of amides is 1. The monoisotopic (exact) mass is 595 g/mol. The number of anilines is 1. The van der Waals surface area contributed by atoms with Crippen molar-refractivity contribution in [3.8, 4) is 11.5 Å². The summed E-state index contributed by atoms with van der Waals surface area (Å²) in [6.07, 6.45) is 0.